The summed E-state index contributed by atoms with van der Waals surface area (Å²) in [5.74, 6) is 0.969. The van der Waals surface area contributed by atoms with Crippen molar-refractivity contribution >= 4 is 35.4 Å². The van der Waals surface area contributed by atoms with Crippen LogP contribution in [0.5, 0.6) is 0 Å². The first-order valence-electron chi connectivity index (χ1n) is 14.7. The number of anilines is 1. The van der Waals surface area contributed by atoms with Gasteiger partial charge in [-0.3, -0.25) is 4.79 Å². The Bertz CT molecular complexity index is 1140. The maximum absolute atomic E-state index is 13.4. The number of thioether (sulfide) groups is 1. The van der Waals surface area contributed by atoms with Crippen LogP contribution in [0.4, 0.5) is 10.5 Å². The Labute approximate surface area is 249 Å². The van der Waals surface area contributed by atoms with Crippen molar-refractivity contribution in [3.63, 3.8) is 0 Å². The number of hydrogen-bond acceptors (Lipinski definition) is 5. The van der Waals surface area contributed by atoms with Crippen molar-refractivity contribution in [2.24, 2.45) is 5.92 Å². The predicted molar refractivity (Wildman–Crippen MR) is 166 cm³/mol. The molecular formula is C33H46N2O5S. The first-order chi connectivity index (χ1) is 19.4. The lowest BCUT2D eigenvalue weighted by atomic mass is 10.0. The number of rotatable bonds is 13. The van der Waals surface area contributed by atoms with Gasteiger partial charge in [0.25, 0.3) is 0 Å². The summed E-state index contributed by atoms with van der Waals surface area (Å²) in [6, 6.07) is 15.4. The molecule has 2 N–H and O–H groups in total. The van der Waals surface area contributed by atoms with Gasteiger partial charge in [-0.05, 0) is 67.9 Å². The molecule has 1 aliphatic rings. The number of carbonyl (C=O) groups is 3. The molecule has 0 saturated heterocycles. The molecule has 2 aromatic rings. The summed E-state index contributed by atoms with van der Waals surface area (Å²) in [6.45, 7) is 10.0. The number of aliphatic carboxylic acids is 1. The number of nitrogens with one attached hydrogen (secondary N) is 1. The summed E-state index contributed by atoms with van der Waals surface area (Å²) >= 11 is 1.43. The Morgan fingerprint density at radius 1 is 1.00 bits per heavy atom. The molecule has 0 aliphatic heterocycles. The zero-order valence-electron chi connectivity index (χ0n) is 25.2. The highest BCUT2D eigenvalue weighted by atomic mass is 32.2. The summed E-state index contributed by atoms with van der Waals surface area (Å²) in [6.07, 6.45) is 5.81. The maximum Gasteiger partial charge on any atom is 0.408 e. The average Bonchev–Trinajstić information content (AvgIpc) is 3.43. The number of carboxylic acid groups (broad SMARTS) is 1. The fourth-order valence-electron chi connectivity index (χ4n) is 4.97. The molecule has 3 rings (SSSR count). The number of nitrogens with zero attached hydrogens (tertiary/aromatic N) is 1. The number of ether oxygens (including phenoxy) is 1. The molecule has 0 bridgehead atoms. The maximum atomic E-state index is 13.4. The van der Waals surface area contributed by atoms with Gasteiger partial charge in [-0.2, -0.15) is 11.8 Å². The Kier molecular flexibility index (Phi) is 12.1. The number of carbonyl (C=O) groups excluding carboxylic acids is 2. The molecule has 1 atom stereocenters. The second kappa shape index (κ2) is 15.3. The van der Waals surface area contributed by atoms with E-state index < -0.39 is 23.7 Å². The van der Waals surface area contributed by atoms with Crippen LogP contribution < -0.4 is 10.2 Å². The van der Waals surface area contributed by atoms with Crippen molar-refractivity contribution in [1.82, 2.24) is 5.32 Å². The second-order valence-corrected chi connectivity index (χ2v) is 13.3. The third-order valence-corrected chi connectivity index (χ3v) is 8.43. The molecule has 7 nitrogen and oxygen atoms in total. The van der Waals surface area contributed by atoms with E-state index >= 15 is 0 Å². The molecule has 2 aromatic carbocycles. The van der Waals surface area contributed by atoms with Gasteiger partial charge in [0.1, 0.15) is 11.6 Å². The molecule has 0 heterocycles. The molecule has 0 radical (unpaired) electrons. The molecule has 0 unspecified atom stereocenters. The largest absolute Gasteiger partial charge is 0.480 e. The monoisotopic (exact) mass is 582 g/mol. The van der Waals surface area contributed by atoms with E-state index in [4.69, 9.17) is 4.74 Å². The molecule has 41 heavy (non-hydrogen) atoms. The standard InChI is InChI=1S/C33H46N2O5S/c1-23(2)27-15-17-28(18-16-27)35(30(36)19-14-24-8-6-7-9-24)20-25-10-12-26(13-11-25)21-41-22-29(31(37)38)34-32(39)40-33(3,4)5/h10-13,15-18,23-24,29H,6-9,14,19-22H2,1-5H3,(H,34,39)(H,37,38)/t29-/m0/s1. The average molecular weight is 583 g/mol. The van der Waals surface area contributed by atoms with E-state index in [-0.39, 0.29) is 11.7 Å². The predicted octanol–water partition coefficient (Wildman–Crippen LogP) is 7.52. The van der Waals surface area contributed by atoms with Gasteiger partial charge in [0.05, 0.1) is 6.54 Å². The van der Waals surface area contributed by atoms with Crippen molar-refractivity contribution in [1.29, 1.82) is 0 Å². The fourth-order valence-corrected chi connectivity index (χ4v) is 5.97. The van der Waals surface area contributed by atoms with Gasteiger partial charge in [0, 0.05) is 23.6 Å². The van der Waals surface area contributed by atoms with E-state index in [9.17, 15) is 19.5 Å². The zero-order valence-corrected chi connectivity index (χ0v) is 26.0. The normalized spacial score (nSPS) is 14.6. The van der Waals surface area contributed by atoms with Crippen molar-refractivity contribution < 1.29 is 24.2 Å². The van der Waals surface area contributed by atoms with E-state index in [1.54, 1.807) is 20.8 Å². The van der Waals surface area contributed by atoms with Crippen LogP contribution in [0.2, 0.25) is 0 Å². The van der Waals surface area contributed by atoms with Crippen LogP contribution in [0.1, 0.15) is 95.8 Å². The number of benzene rings is 2. The number of carboxylic acids is 1. The molecule has 1 fully saturated rings. The smallest absolute Gasteiger partial charge is 0.408 e. The van der Waals surface area contributed by atoms with E-state index in [2.05, 4.69) is 43.4 Å². The fraction of sp³-hybridized carbons (Fsp3) is 0.545. The van der Waals surface area contributed by atoms with E-state index in [1.165, 1.54) is 43.0 Å². The lowest BCUT2D eigenvalue weighted by Gasteiger charge is -2.24. The van der Waals surface area contributed by atoms with Gasteiger partial charge in [-0.25, -0.2) is 9.59 Å². The van der Waals surface area contributed by atoms with Crippen molar-refractivity contribution in [2.45, 2.75) is 103 Å². The van der Waals surface area contributed by atoms with Gasteiger partial charge >= 0.3 is 12.1 Å². The topological polar surface area (TPSA) is 95.9 Å². The molecule has 224 valence electrons. The van der Waals surface area contributed by atoms with E-state index in [0.717, 1.165) is 23.2 Å². The van der Waals surface area contributed by atoms with Crippen molar-refractivity contribution in [3.8, 4) is 0 Å². The van der Waals surface area contributed by atoms with E-state index in [0.29, 0.717) is 30.6 Å². The quantitative estimate of drug-likeness (QED) is 0.254. The summed E-state index contributed by atoms with van der Waals surface area (Å²) < 4.78 is 5.18. The van der Waals surface area contributed by atoms with Crippen LogP contribution in [-0.4, -0.2) is 40.5 Å². The minimum Gasteiger partial charge on any atom is -0.480 e. The molecule has 1 aliphatic carbocycles. The number of alkyl carbamates (subject to hydrolysis) is 1. The lowest BCUT2D eigenvalue weighted by molar-refractivity contribution is -0.138. The Morgan fingerprint density at radius 2 is 1.61 bits per heavy atom. The van der Waals surface area contributed by atoms with Crippen LogP contribution in [-0.2, 0) is 26.6 Å². The molecule has 8 heteroatoms. The Hall–Kier alpha value is -3.00. The van der Waals surface area contributed by atoms with Gasteiger partial charge in [0.2, 0.25) is 5.91 Å². The summed E-state index contributed by atoms with van der Waals surface area (Å²) in [5.41, 5.74) is 3.55. The van der Waals surface area contributed by atoms with Crippen LogP contribution in [0.15, 0.2) is 48.5 Å². The number of amides is 2. The summed E-state index contributed by atoms with van der Waals surface area (Å²) in [5, 5.41) is 11.9. The second-order valence-electron chi connectivity index (χ2n) is 12.3. The van der Waals surface area contributed by atoms with Gasteiger partial charge in [0.15, 0.2) is 0 Å². The van der Waals surface area contributed by atoms with Crippen LogP contribution in [0, 0.1) is 5.92 Å². The van der Waals surface area contributed by atoms with Gasteiger partial charge in [-0.1, -0.05) is 75.9 Å². The molecule has 0 aromatic heterocycles. The Balaban J connectivity index is 1.60. The number of hydrogen-bond donors (Lipinski definition) is 2. The highest BCUT2D eigenvalue weighted by Crippen LogP contribution is 2.30. The first-order valence-corrected chi connectivity index (χ1v) is 15.8. The minimum atomic E-state index is -1.10. The minimum absolute atomic E-state index is 0.158. The SMILES string of the molecule is CC(C)c1ccc(N(Cc2ccc(CSC[C@H](NC(=O)OC(C)(C)C)C(=O)O)cc2)C(=O)CCC2CCCC2)cc1. The van der Waals surface area contributed by atoms with E-state index in [1.807, 2.05) is 29.2 Å². The third kappa shape index (κ3) is 11.1. The van der Waals surface area contributed by atoms with Gasteiger partial charge in [-0.15, -0.1) is 0 Å². The lowest BCUT2D eigenvalue weighted by Crippen LogP contribution is -2.44. The molecule has 1 saturated carbocycles. The zero-order chi connectivity index (χ0) is 30.0. The summed E-state index contributed by atoms with van der Waals surface area (Å²) in [4.78, 5) is 39.0. The highest BCUT2D eigenvalue weighted by molar-refractivity contribution is 7.98. The van der Waals surface area contributed by atoms with Gasteiger partial charge < -0.3 is 20.1 Å². The highest BCUT2D eigenvalue weighted by Gasteiger charge is 2.24. The first kappa shape index (κ1) is 32.5. The molecule has 0 spiro atoms. The third-order valence-electron chi connectivity index (χ3n) is 7.32. The Morgan fingerprint density at radius 3 is 2.17 bits per heavy atom. The van der Waals surface area contributed by atoms with Crippen molar-refractivity contribution in [2.75, 3.05) is 10.7 Å². The van der Waals surface area contributed by atoms with Crippen molar-refractivity contribution in [3.05, 3.63) is 65.2 Å². The summed E-state index contributed by atoms with van der Waals surface area (Å²) in [7, 11) is 0. The van der Waals surface area contributed by atoms with Crippen LogP contribution >= 0.6 is 11.8 Å². The van der Waals surface area contributed by atoms with Crippen LogP contribution in [0.3, 0.4) is 0 Å². The molecule has 2 amide bonds. The van der Waals surface area contributed by atoms with Crippen LogP contribution in [0.25, 0.3) is 0 Å². The molecular weight excluding hydrogens is 536 g/mol.